The molecule has 3 rings (SSSR count). The normalized spacial score (nSPS) is 12.0. The first-order chi connectivity index (χ1) is 15.7. The molecule has 0 aliphatic carbocycles. The molecule has 0 aliphatic rings. The number of anilines is 2. The van der Waals surface area contributed by atoms with Gasteiger partial charge in [0, 0.05) is 10.7 Å². The summed E-state index contributed by atoms with van der Waals surface area (Å²) in [7, 11) is -2.38. The van der Waals surface area contributed by atoms with Gasteiger partial charge in [-0.25, -0.2) is 8.42 Å². The Balaban J connectivity index is 1.69. The molecule has 0 bridgehead atoms. The molecule has 0 spiro atoms. The van der Waals surface area contributed by atoms with Gasteiger partial charge in [0.2, 0.25) is 0 Å². The van der Waals surface area contributed by atoms with Crippen LogP contribution in [0.25, 0.3) is 0 Å². The van der Waals surface area contributed by atoms with E-state index in [9.17, 15) is 13.2 Å². The Kier molecular flexibility index (Phi) is 7.84. The standard InChI is InChI=1S/C24H25ClN2O5S/c1-4-22(32-19-10-6-17(25)7-11-19)24(28)26-18-8-12-20(13-9-18)33(29,30)27-21-15-16(2)5-14-23(21)31-3/h5-15,22,27H,4H2,1-3H3,(H,26,28)/t22-/m1/s1. The van der Waals surface area contributed by atoms with Crippen LogP contribution in [0.1, 0.15) is 18.9 Å². The zero-order valence-corrected chi connectivity index (χ0v) is 20.0. The summed E-state index contributed by atoms with van der Waals surface area (Å²) in [5, 5.41) is 3.33. The third-order valence-electron chi connectivity index (χ3n) is 4.79. The first-order valence-electron chi connectivity index (χ1n) is 10.2. The molecule has 0 heterocycles. The molecule has 9 heteroatoms. The highest BCUT2D eigenvalue weighted by Gasteiger charge is 2.20. The van der Waals surface area contributed by atoms with Gasteiger partial charge in [-0.3, -0.25) is 9.52 Å². The summed E-state index contributed by atoms with van der Waals surface area (Å²) >= 11 is 5.88. The van der Waals surface area contributed by atoms with Gasteiger partial charge in [-0.2, -0.15) is 0 Å². The number of halogens is 1. The van der Waals surface area contributed by atoms with E-state index in [4.69, 9.17) is 21.1 Å². The Labute approximate surface area is 198 Å². The molecule has 2 N–H and O–H groups in total. The quantitative estimate of drug-likeness (QED) is 0.429. The van der Waals surface area contributed by atoms with E-state index < -0.39 is 16.1 Å². The van der Waals surface area contributed by atoms with Crippen LogP contribution in [0.4, 0.5) is 11.4 Å². The van der Waals surface area contributed by atoms with Gasteiger partial charge in [0.1, 0.15) is 11.5 Å². The van der Waals surface area contributed by atoms with Crippen LogP contribution in [-0.2, 0) is 14.8 Å². The van der Waals surface area contributed by atoms with Gasteiger partial charge in [0.05, 0.1) is 17.7 Å². The summed E-state index contributed by atoms with van der Waals surface area (Å²) in [5.41, 5.74) is 1.68. The summed E-state index contributed by atoms with van der Waals surface area (Å²) in [5.74, 6) is 0.602. The van der Waals surface area contributed by atoms with E-state index in [-0.39, 0.29) is 10.8 Å². The number of methoxy groups -OCH3 is 1. The van der Waals surface area contributed by atoms with Gasteiger partial charge in [-0.15, -0.1) is 0 Å². The maximum atomic E-state index is 12.8. The van der Waals surface area contributed by atoms with Crippen molar-refractivity contribution in [3.63, 3.8) is 0 Å². The van der Waals surface area contributed by atoms with E-state index in [1.54, 1.807) is 36.4 Å². The van der Waals surface area contributed by atoms with Gasteiger partial charge < -0.3 is 14.8 Å². The van der Waals surface area contributed by atoms with E-state index in [1.165, 1.54) is 31.4 Å². The van der Waals surface area contributed by atoms with Crippen molar-refractivity contribution in [1.82, 2.24) is 0 Å². The number of amides is 1. The Hall–Kier alpha value is -3.23. The number of nitrogens with one attached hydrogen (secondary N) is 2. The lowest BCUT2D eigenvalue weighted by atomic mass is 10.2. The molecule has 0 aromatic heterocycles. The Morgan fingerprint density at radius 2 is 1.70 bits per heavy atom. The van der Waals surface area contributed by atoms with Crippen molar-refractivity contribution in [3.8, 4) is 11.5 Å². The topological polar surface area (TPSA) is 93.7 Å². The van der Waals surface area contributed by atoms with Crippen molar-refractivity contribution < 1.29 is 22.7 Å². The molecule has 3 aromatic carbocycles. The van der Waals surface area contributed by atoms with Crippen LogP contribution >= 0.6 is 11.6 Å². The second-order valence-corrected chi connectivity index (χ2v) is 9.41. The third-order valence-corrected chi connectivity index (χ3v) is 6.42. The monoisotopic (exact) mass is 488 g/mol. The average Bonchev–Trinajstić information content (AvgIpc) is 2.79. The van der Waals surface area contributed by atoms with Gasteiger partial charge in [0.25, 0.3) is 15.9 Å². The van der Waals surface area contributed by atoms with E-state index >= 15 is 0 Å². The van der Waals surface area contributed by atoms with Crippen molar-refractivity contribution >= 4 is 38.9 Å². The summed E-state index contributed by atoms with van der Waals surface area (Å²) < 4.78 is 39.1. The van der Waals surface area contributed by atoms with Crippen LogP contribution in [0, 0.1) is 6.92 Å². The fourth-order valence-corrected chi connectivity index (χ4v) is 4.23. The molecule has 0 radical (unpaired) electrons. The van der Waals surface area contributed by atoms with Gasteiger partial charge >= 0.3 is 0 Å². The highest BCUT2D eigenvalue weighted by atomic mass is 35.5. The number of benzene rings is 3. The van der Waals surface area contributed by atoms with Gasteiger partial charge in [-0.1, -0.05) is 24.6 Å². The zero-order chi connectivity index (χ0) is 24.0. The molecule has 1 atom stereocenters. The minimum Gasteiger partial charge on any atom is -0.495 e. The first-order valence-corrected chi connectivity index (χ1v) is 12.1. The maximum absolute atomic E-state index is 12.8. The molecule has 0 unspecified atom stereocenters. The SMILES string of the molecule is CC[C@@H](Oc1ccc(Cl)cc1)C(=O)Nc1ccc(S(=O)(=O)Nc2cc(C)ccc2OC)cc1. The maximum Gasteiger partial charge on any atom is 0.265 e. The fourth-order valence-electron chi connectivity index (χ4n) is 3.05. The van der Waals surface area contributed by atoms with Gasteiger partial charge in [0.15, 0.2) is 6.10 Å². The number of carbonyl (C=O) groups is 1. The molecular formula is C24H25ClN2O5S. The molecule has 0 aliphatic heterocycles. The Bertz CT molecular complexity index is 1210. The second-order valence-electron chi connectivity index (χ2n) is 7.29. The number of carbonyl (C=O) groups excluding carboxylic acids is 1. The number of sulfonamides is 1. The minimum absolute atomic E-state index is 0.0495. The van der Waals surface area contributed by atoms with Crippen molar-refractivity contribution in [2.75, 3.05) is 17.1 Å². The predicted octanol–water partition coefficient (Wildman–Crippen LogP) is 5.25. The number of hydrogen-bond acceptors (Lipinski definition) is 5. The average molecular weight is 489 g/mol. The summed E-state index contributed by atoms with van der Waals surface area (Å²) in [4.78, 5) is 12.7. The summed E-state index contributed by atoms with van der Waals surface area (Å²) in [6.45, 7) is 3.69. The van der Waals surface area contributed by atoms with Crippen LogP contribution in [0.15, 0.2) is 71.6 Å². The predicted molar refractivity (Wildman–Crippen MR) is 130 cm³/mol. The minimum atomic E-state index is -3.85. The van der Waals surface area contributed by atoms with Gasteiger partial charge in [-0.05, 0) is 79.6 Å². The molecule has 33 heavy (non-hydrogen) atoms. The Morgan fingerprint density at radius 1 is 1.03 bits per heavy atom. The van der Waals surface area contributed by atoms with Crippen LogP contribution in [-0.4, -0.2) is 27.5 Å². The number of aryl methyl sites for hydroxylation is 1. The van der Waals surface area contributed by atoms with Crippen LogP contribution in [0.2, 0.25) is 5.02 Å². The van der Waals surface area contributed by atoms with E-state index in [0.717, 1.165) is 5.56 Å². The fraction of sp³-hybridized carbons (Fsp3) is 0.208. The number of rotatable bonds is 9. The smallest absolute Gasteiger partial charge is 0.265 e. The molecule has 0 fully saturated rings. The Morgan fingerprint density at radius 3 is 2.30 bits per heavy atom. The van der Waals surface area contributed by atoms with E-state index in [0.29, 0.717) is 34.3 Å². The lowest BCUT2D eigenvalue weighted by molar-refractivity contribution is -0.122. The molecule has 3 aromatic rings. The van der Waals surface area contributed by atoms with Crippen molar-refractivity contribution in [1.29, 1.82) is 0 Å². The largest absolute Gasteiger partial charge is 0.495 e. The first kappa shape index (κ1) is 24.4. The van der Waals surface area contributed by atoms with Crippen LogP contribution in [0.3, 0.4) is 0 Å². The zero-order valence-electron chi connectivity index (χ0n) is 18.5. The number of ether oxygens (including phenoxy) is 2. The van der Waals surface area contributed by atoms with Crippen molar-refractivity contribution in [3.05, 3.63) is 77.3 Å². The third kappa shape index (κ3) is 6.40. The molecular weight excluding hydrogens is 464 g/mol. The van der Waals surface area contributed by atoms with E-state index in [2.05, 4.69) is 10.0 Å². The lowest BCUT2D eigenvalue weighted by Crippen LogP contribution is -2.32. The van der Waals surface area contributed by atoms with Crippen molar-refractivity contribution in [2.45, 2.75) is 31.3 Å². The van der Waals surface area contributed by atoms with Crippen molar-refractivity contribution in [2.24, 2.45) is 0 Å². The highest BCUT2D eigenvalue weighted by Crippen LogP contribution is 2.28. The molecule has 7 nitrogen and oxygen atoms in total. The molecule has 0 saturated carbocycles. The highest BCUT2D eigenvalue weighted by molar-refractivity contribution is 7.92. The molecule has 1 amide bonds. The lowest BCUT2D eigenvalue weighted by Gasteiger charge is -2.17. The second kappa shape index (κ2) is 10.6. The van der Waals surface area contributed by atoms with Crippen LogP contribution < -0.4 is 19.5 Å². The summed E-state index contributed by atoms with van der Waals surface area (Å²) in [6.07, 6.45) is -0.270. The summed E-state index contributed by atoms with van der Waals surface area (Å²) in [6, 6.07) is 17.8. The van der Waals surface area contributed by atoms with E-state index in [1.807, 2.05) is 19.9 Å². The van der Waals surface area contributed by atoms with Crippen LogP contribution in [0.5, 0.6) is 11.5 Å². The number of hydrogen-bond donors (Lipinski definition) is 2. The molecule has 174 valence electrons. The molecule has 0 saturated heterocycles.